The number of carbonyl (C=O) groups excluding carboxylic acids is 3. The van der Waals surface area contributed by atoms with Crippen molar-refractivity contribution in [2.75, 3.05) is 36.6 Å². The number of aryl methyl sites for hydroxylation is 1. The van der Waals surface area contributed by atoms with E-state index in [-0.39, 0.29) is 23.9 Å². The molecule has 1 aliphatic heterocycles. The monoisotopic (exact) mass is 655 g/mol. The number of hydrazine groups is 1. The van der Waals surface area contributed by atoms with Crippen LogP contribution in [0.1, 0.15) is 63.1 Å². The Balaban J connectivity index is 0.000000416. The second-order valence-corrected chi connectivity index (χ2v) is 10.9. The number of amides is 2. The lowest BCUT2D eigenvalue weighted by Crippen LogP contribution is -2.36. The average Bonchev–Trinajstić information content (AvgIpc) is 3.42. The highest BCUT2D eigenvalue weighted by molar-refractivity contribution is 7.16. The molecule has 13 heteroatoms. The maximum Gasteiger partial charge on any atom is 0.254 e. The molecule has 0 atom stereocenters. The molecule has 46 heavy (non-hydrogen) atoms. The summed E-state index contributed by atoms with van der Waals surface area (Å²) in [5.74, 6) is 4.60. The topological polar surface area (TPSA) is 203 Å². The molecule has 4 rings (SSSR count). The van der Waals surface area contributed by atoms with E-state index in [0.29, 0.717) is 60.4 Å². The summed E-state index contributed by atoms with van der Waals surface area (Å²) in [4.78, 5) is 37.3. The molecule has 250 valence electrons. The number of primary amides is 1. The number of allylic oxidation sites excluding steroid dienone is 1. The number of aliphatic hydroxyl groups is 1. The van der Waals surface area contributed by atoms with Gasteiger partial charge in [0.15, 0.2) is 0 Å². The number of nitrogen functional groups attached to an aromatic ring is 2. The molecule has 11 N–H and O–H groups in total. The lowest BCUT2D eigenvalue weighted by molar-refractivity contribution is -0.107. The summed E-state index contributed by atoms with van der Waals surface area (Å²) in [5.41, 5.74) is 24.0. The van der Waals surface area contributed by atoms with Gasteiger partial charge in [-0.2, -0.15) is 0 Å². The Morgan fingerprint density at radius 1 is 1.20 bits per heavy atom. The summed E-state index contributed by atoms with van der Waals surface area (Å²) in [6.45, 7) is 12.3. The fourth-order valence-corrected chi connectivity index (χ4v) is 5.45. The van der Waals surface area contributed by atoms with Crippen molar-refractivity contribution in [1.82, 2.24) is 4.90 Å². The number of rotatable bonds is 8. The smallest absolute Gasteiger partial charge is 0.254 e. The van der Waals surface area contributed by atoms with Crippen molar-refractivity contribution in [3.63, 3.8) is 0 Å². The van der Waals surface area contributed by atoms with Crippen molar-refractivity contribution < 1.29 is 23.9 Å². The van der Waals surface area contributed by atoms with Crippen molar-refractivity contribution in [3.05, 3.63) is 98.9 Å². The van der Waals surface area contributed by atoms with Crippen LogP contribution in [-0.4, -0.2) is 48.2 Å². The number of nitrogens with one attached hydrogen (secondary N) is 2. The SMILES string of the molecule is C=C(O)/C(C)=C/CN.CC.CNc1sc2c(c1C(N)=O)CCN(C(=O)c1ccc(NN)c(N)c1)C2.Cc1ccc(CC=O)c(F)c1. The molecule has 0 bridgehead atoms. The Bertz CT molecular complexity index is 1540. The zero-order valence-corrected chi connectivity index (χ0v) is 27.9. The number of aldehydes is 1. The van der Waals surface area contributed by atoms with Crippen molar-refractivity contribution in [1.29, 1.82) is 0 Å². The summed E-state index contributed by atoms with van der Waals surface area (Å²) in [6, 6.07) is 9.83. The largest absolute Gasteiger partial charge is 0.508 e. The van der Waals surface area contributed by atoms with E-state index in [9.17, 15) is 18.8 Å². The van der Waals surface area contributed by atoms with Gasteiger partial charge in [0, 0.05) is 37.0 Å². The maximum absolute atomic E-state index is 12.9. The fourth-order valence-electron chi connectivity index (χ4n) is 4.23. The van der Waals surface area contributed by atoms with Gasteiger partial charge >= 0.3 is 0 Å². The first-order valence-electron chi connectivity index (χ1n) is 14.6. The zero-order valence-electron chi connectivity index (χ0n) is 27.1. The van der Waals surface area contributed by atoms with Gasteiger partial charge in [0.05, 0.1) is 23.5 Å². The summed E-state index contributed by atoms with van der Waals surface area (Å²) in [5, 5.41) is 12.4. The number of benzene rings is 2. The molecule has 2 heterocycles. The molecule has 2 aromatic carbocycles. The number of nitrogens with zero attached hydrogens (tertiary/aromatic N) is 1. The molecule has 1 aliphatic rings. The molecule has 0 spiro atoms. The zero-order chi connectivity index (χ0) is 35.0. The summed E-state index contributed by atoms with van der Waals surface area (Å²) >= 11 is 1.46. The Labute approximate surface area is 274 Å². The molecule has 1 aromatic heterocycles. The fraction of sp³-hybridized carbons (Fsp3) is 0.303. The quantitative estimate of drug-likeness (QED) is 0.0443. The Morgan fingerprint density at radius 3 is 2.35 bits per heavy atom. The Hall–Kier alpha value is -4.72. The van der Waals surface area contributed by atoms with E-state index in [2.05, 4.69) is 17.3 Å². The van der Waals surface area contributed by atoms with Crippen LogP contribution in [-0.2, 0) is 24.2 Å². The van der Waals surface area contributed by atoms with Gasteiger partial charge in [0.1, 0.15) is 22.9 Å². The van der Waals surface area contributed by atoms with Crippen LogP contribution in [0.2, 0.25) is 0 Å². The molecular formula is C33H46FN7O4S. The van der Waals surface area contributed by atoms with Crippen LogP contribution in [0, 0.1) is 12.7 Å². The molecular weight excluding hydrogens is 609 g/mol. The van der Waals surface area contributed by atoms with Crippen LogP contribution in [0.3, 0.4) is 0 Å². The van der Waals surface area contributed by atoms with Gasteiger partial charge in [-0.25, -0.2) is 4.39 Å². The van der Waals surface area contributed by atoms with Crippen LogP contribution in [0.5, 0.6) is 0 Å². The number of anilines is 3. The average molecular weight is 656 g/mol. The van der Waals surface area contributed by atoms with Crippen LogP contribution >= 0.6 is 11.3 Å². The van der Waals surface area contributed by atoms with Gasteiger partial charge in [-0.3, -0.25) is 15.4 Å². The Kier molecular flexibility index (Phi) is 16.8. The van der Waals surface area contributed by atoms with Gasteiger partial charge in [-0.05, 0) is 66.8 Å². The Morgan fingerprint density at radius 2 is 1.87 bits per heavy atom. The standard InChI is InChI=1S/C16H20N6O2S.C9H9FO.C6H11NO.C2H6/c1-20-15-13(14(18)23)9-4-5-22(7-12(9)25-15)16(24)8-2-3-11(21-19)10(17)6-8;1-7-2-3-8(4-5-11)9(10)6-7;1-5(3-4-7)6(2)8;1-2/h2-3,6,20-21H,4-5,7,17,19H2,1H3,(H2,18,23);2-3,5-6H,4H2,1H3;3,8H,2,4,7H2,1H3;1-2H3/b;;5-3+;. The summed E-state index contributed by atoms with van der Waals surface area (Å²) < 4.78 is 12.9. The minimum Gasteiger partial charge on any atom is -0.508 e. The van der Waals surface area contributed by atoms with Gasteiger partial charge in [0.2, 0.25) is 0 Å². The molecule has 0 aliphatic carbocycles. The number of aliphatic hydroxyl groups excluding tert-OH is 1. The summed E-state index contributed by atoms with van der Waals surface area (Å²) in [7, 11) is 1.75. The van der Waals surface area contributed by atoms with Crippen LogP contribution < -0.4 is 33.8 Å². The van der Waals surface area contributed by atoms with E-state index in [1.165, 1.54) is 17.4 Å². The predicted octanol–water partition coefficient (Wildman–Crippen LogP) is 4.82. The second kappa shape index (κ2) is 19.6. The number of halogens is 1. The number of carbonyl (C=O) groups is 3. The van der Waals surface area contributed by atoms with Gasteiger partial charge in [0.25, 0.3) is 11.8 Å². The van der Waals surface area contributed by atoms with Gasteiger partial charge in [-0.1, -0.05) is 38.6 Å². The first-order chi connectivity index (χ1) is 21.9. The van der Waals surface area contributed by atoms with E-state index in [1.54, 1.807) is 55.3 Å². The molecule has 0 saturated carbocycles. The first kappa shape index (κ1) is 39.3. The van der Waals surface area contributed by atoms with E-state index < -0.39 is 5.91 Å². The van der Waals surface area contributed by atoms with Crippen LogP contribution in [0.15, 0.2) is 60.4 Å². The van der Waals surface area contributed by atoms with E-state index in [4.69, 9.17) is 28.2 Å². The highest BCUT2D eigenvalue weighted by atomic mass is 32.1. The highest BCUT2D eigenvalue weighted by Crippen LogP contribution is 2.37. The predicted molar refractivity (Wildman–Crippen MR) is 186 cm³/mol. The third-order valence-corrected chi connectivity index (χ3v) is 7.90. The molecule has 0 radical (unpaired) electrons. The third-order valence-electron chi connectivity index (χ3n) is 6.66. The number of hydrogen-bond donors (Lipinski definition) is 7. The maximum atomic E-state index is 12.9. The number of thiophene rings is 1. The number of nitrogens with two attached hydrogens (primary N) is 4. The molecule has 2 amide bonds. The minimum atomic E-state index is -0.445. The number of hydrogen-bond acceptors (Lipinski definition) is 10. The molecule has 0 fully saturated rings. The first-order valence-corrected chi connectivity index (χ1v) is 15.4. The van der Waals surface area contributed by atoms with Crippen molar-refractivity contribution in [3.8, 4) is 0 Å². The number of fused-ring (bicyclic) bond motifs is 1. The molecule has 11 nitrogen and oxygen atoms in total. The van der Waals surface area contributed by atoms with E-state index in [1.807, 2.05) is 20.8 Å². The second-order valence-electron chi connectivity index (χ2n) is 9.78. The molecule has 0 saturated heterocycles. The lowest BCUT2D eigenvalue weighted by atomic mass is 10.0. The lowest BCUT2D eigenvalue weighted by Gasteiger charge is -2.27. The van der Waals surface area contributed by atoms with Crippen molar-refractivity contribution >= 4 is 45.8 Å². The third kappa shape index (κ3) is 11.0. The molecule has 3 aromatic rings. The van der Waals surface area contributed by atoms with Gasteiger partial charge < -0.3 is 42.7 Å². The summed E-state index contributed by atoms with van der Waals surface area (Å²) in [6.07, 6.45) is 3.16. The van der Waals surface area contributed by atoms with Crippen molar-refractivity contribution in [2.45, 2.75) is 47.1 Å². The molecule has 0 unspecified atom stereocenters. The van der Waals surface area contributed by atoms with E-state index in [0.717, 1.165) is 26.6 Å². The van der Waals surface area contributed by atoms with Crippen LogP contribution in [0.4, 0.5) is 20.8 Å². The van der Waals surface area contributed by atoms with Gasteiger partial charge in [-0.15, -0.1) is 11.3 Å². The highest BCUT2D eigenvalue weighted by Gasteiger charge is 2.29. The van der Waals surface area contributed by atoms with E-state index >= 15 is 0 Å². The van der Waals surface area contributed by atoms with Crippen LogP contribution in [0.25, 0.3) is 0 Å². The minimum absolute atomic E-state index is 0.0930. The normalized spacial score (nSPS) is 11.7. The van der Waals surface area contributed by atoms with Crippen molar-refractivity contribution in [2.24, 2.45) is 17.3 Å².